The van der Waals surface area contributed by atoms with E-state index in [0.717, 1.165) is 0 Å². The first-order chi connectivity index (χ1) is 5.87. The zero-order chi connectivity index (χ0) is 10.5. The molecule has 0 spiro atoms. The van der Waals surface area contributed by atoms with Gasteiger partial charge in [0, 0.05) is 11.8 Å². The summed E-state index contributed by atoms with van der Waals surface area (Å²) in [5.74, 6) is 5.44. The molecule has 0 rings (SSSR count). The minimum absolute atomic E-state index is 0.0458. The van der Waals surface area contributed by atoms with E-state index in [0.29, 0.717) is 6.42 Å². The highest BCUT2D eigenvalue weighted by molar-refractivity contribution is 5.75. The van der Waals surface area contributed by atoms with Crippen LogP contribution in [-0.4, -0.2) is 19.1 Å². The van der Waals surface area contributed by atoms with Crippen molar-refractivity contribution in [1.29, 1.82) is 0 Å². The van der Waals surface area contributed by atoms with Crippen molar-refractivity contribution in [3.8, 4) is 11.8 Å². The van der Waals surface area contributed by atoms with E-state index >= 15 is 0 Å². The summed E-state index contributed by atoms with van der Waals surface area (Å²) in [4.78, 5) is 10.9. The maximum Gasteiger partial charge on any atom is 0.323 e. The van der Waals surface area contributed by atoms with E-state index in [-0.39, 0.29) is 5.41 Å². The fourth-order valence-corrected chi connectivity index (χ4v) is 0.661. The van der Waals surface area contributed by atoms with E-state index in [1.807, 2.05) is 20.8 Å². The van der Waals surface area contributed by atoms with Gasteiger partial charge in [-0.05, 0) is 20.8 Å². The molecule has 2 N–H and O–H groups in total. The zero-order valence-electron chi connectivity index (χ0n) is 8.68. The molecule has 1 atom stereocenters. The Balaban J connectivity index is 4.00. The van der Waals surface area contributed by atoms with Crippen molar-refractivity contribution in [1.82, 2.24) is 0 Å². The average Bonchev–Trinajstić information content (AvgIpc) is 2.00. The van der Waals surface area contributed by atoms with Crippen LogP contribution >= 0.6 is 0 Å². The predicted octanol–water partition coefficient (Wildman–Crippen LogP) is 0.926. The second-order valence-corrected chi connectivity index (χ2v) is 3.89. The van der Waals surface area contributed by atoms with Gasteiger partial charge < -0.3 is 10.5 Å². The normalized spacial score (nSPS) is 12.7. The highest BCUT2D eigenvalue weighted by Gasteiger charge is 2.11. The third-order valence-electron chi connectivity index (χ3n) is 1.29. The maximum absolute atomic E-state index is 10.9. The van der Waals surface area contributed by atoms with Crippen molar-refractivity contribution in [2.24, 2.45) is 11.1 Å². The second-order valence-electron chi connectivity index (χ2n) is 3.89. The number of ether oxygens (including phenoxy) is 1. The largest absolute Gasteiger partial charge is 0.468 e. The summed E-state index contributed by atoms with van der Waals surface area (Å²) in [6.07, 6.45) is 0.351. The van der Waals surface area contributed by atoms with Crippen LogP contribution in [0.25, 0.3) is 0 Å². The lowest BCUT2D eigenvalue weighted by atomic mass is 9.97. The molecular formula is C10H17NO2. The summed E-state index contributed by atoms with van der Waals surface area (Å²) in [6.45, 7) is 6.01. The molecule has 0 aliphatic heterocycles. The van der Waals surface area contributed by atoms with E-state index in [9.17, 15) is 4.79 Å². The van der Waals surface area contributed by atoms with Crippen molar-refractivity contribution >= 4 is 5.97 Å². The maximum atomic E-state index is 10.9. The van der Waals surface area contributed by atoms with Gasteiger partial charge in [-0.25, -0.2) is 0 Å². The molecule has 1 unspecified atom stereocenters. The number of carbonyl (C=O) groups is 1. The SMILES string of the molecule is COC(=O)C(N)CC#CC(C)(C)C. The molecule has 0 saturated carbocycles. The predicted molar refractivity (Wildman–Crippen MR) is 51.8 cm³/mol. The lowest BCUT2D eigenvalue weighted by molar-refractivity contribution is -0.142. The Hall–Kier alpha value is -1.01. The molecule has 0 aliphatic rings. The molecule has 0 aromatic rings. The minimum atomic E-state index is -0.625. The Morgan fingerprint density at radius 2 is 2.08 bits per heavy atom. The van der Waals surface area contributed by atoms with Gasteiger partial charge in [-0.2, -0.15) is 0 Å². The first kappa shape index (κ1) is 12.0. The molecule has 0 radical (unpaired) electrons. The highest BCUT2D eigenvalue weighted by Crippen LogP contribution is 2.09. The molecule has 0 heterocycles. The Labute approximate surface area is 79.6 Å². The molecule has 3 heteroatoms. The molecule has 0 saturated heterocycles. The molecule has 74 valence electrons. The van der Waals surface area contributed by atoms with Crippen molar-refractivity contribution in [2.75, 3.05) is 7.11 Å². The van der Waals surface area contributed by atoms with Crippen LogP contribution in [0.15, 0.2) is 0 Å². The molecule has 0 aromatic heterocycles. The smallest absolute Gasteiger partial charge is 0.323 e. The summed E-state index contributed by atoms with van der Waals surface area (Å²) in [5.41, 5.74) is 5.43. The van der Waals surface area contributed by atoms with Crippen molar-refractivity contribution in [3.63, 3.8) is 0 Å². The van der Waals surface area contributed by atoms with Crippen molar-refractivity contribution < 1.29 is 9.53 Å². The third kappa shape index (κ3) is 6.18. The topological polar surface area (TPSA) is 52.3 Å². The van der Waals surface area contributed by atoms with Gasteiger partial charge in [-0.15, -0.1) is 5.92 Å². The Morgan fingerprint density at radius 3 is 2.46 bits per heavy atom. The lowest BCUT2D eigenvalue weighted by Gasteiger charge is -2.08. The second kappa shape index (κ2) is 4.88. The summed E-state index contributed by atoms with van der Waals surface area (Å²) in [5, 5.41) is 0. The molecular weight excluding hydrogens is 166 g/mol. The Bertz CT molecular complexity index is 230. The first-order valence-electron chi connectivity index (χ1n) is 4.20. The van der Waals surface area contributed by atoms with E-state index in [1.165, 1.54) is 7.11 Å². The van der Waals surface area contributed by atoms with Gasteiger partial charge in [0.2, 0.25) is 0 Å². The molecule has 0 aromatic carbocycles. The van der Waals surface area contributed by atoms with Gasteiger partial charge in [0.05, 0.1) is 7.11 Å². The highest BCUT2D eigenvalue weighted by atomic mass is 16.5. The van der Waals surface area contributed by atoms with Crippen molar-refractivity contribution in [3.05, 3.63) is 0 Å². The van der Waals surface area contributed by atoms with Crippen LogP contribution < -0.4 is 5.73 Å². The fourth-order valence-electron chi connectivity index (χ4n) is 0.661. The van der Waals surface area contributed by atoms with Crippen LogP contribution in [0.5, 0.6) is 0 Å². The van der Waals surface area contributed by atoms with Gasteiger partial charge in [-0.3, -0.25) is 4.79 Å². The van der Waals surface area contributed by atoms with Crippen LogP contribution in [0.1, 0.15) is 27.2 Å². The first-order valence-corrected chi connectivity index (χ1v) is 4.20. The number of rotatable bonds is 2. The number of nitrogens with two attached hydrogens (primary N) is 1. The summed E-state index contributed by atoms with van der Waals surface area (Å²) in [7, 11) is 1.32. The van der Waals surface area contributed by atoms with E-state index in [2.05, 4.69) is 16.6 Å². The molecule has 13 heavy (non-hydrogen) atoms. The average molecular weight is 183 g/mol. The molecule has 3 nitrogen and oxygen atoms in total. The Kier molecular flexibility index (Phi) is 4.50. The lowest BCUT2D eigenvalue weighted by Crippen LogP contribution is -2.30. The number of hydrogen-bond donors (Lipinski definition) is 1. The standard InChI is InChI=1S/C10H17NO2/c1-10(2,3)7-5-6-8(11)9(12)13-4/h8H,6,11H2,1-4H3. The molecule has 0 fully saturated rings. The minimum Gasteiger partial charge on any atom is -0.468 e. The number of carbonyl (C=O) groups excluding carboxylic acids is 1. The van der Waals surface area contributed by atoms with Gasteiger partial charge in [0.1, 0.15) is 6.04 Å². The van der Waals surface area contributed by atoms with E-state index in [1.54, 1.807) is 0 Å². The molecule has 0 amide bonds. The van der Waals surface area contributed by atoms with Crippen LogP contribution in [0, 0.1) is 17.3 Å². The number of hydrogen-bond acceptors (Lipinski definition) is 3. The molecule has 0 bridgehead atoms. The van der Waals surface area contributed by atoms with Crippen LogP contribution in [-0.2, 0) is 9.53 Å². The number of methoxy groups -OCH3 is 1. The van der Waals surface area contributed by atoms with E-state index < -0.39 is 12.0 Å². The number of esters is 1. The summed E-state index contributed by atoms with van der Waals surface area (Å²) < 4.78 is 4.46. The monoisotopic (exact) mass is 183 g/mol. The van der Waals surface area contributed by atoms with Crippen LogP contribution in [0.3, 0.4) is 0 Å². The fraction of sp³-hybridized carbons (Fsp3) is 0.700. The van der Waals surface area contributed by atoms with E-state index in [4.69, 9.17) is 5.73 Å². The van der Waals surface area contributed by atoms with Crippen LogP contribution in [0.4, 0.5) is 0 Å². The Morgan fingerprint density at radius 1 is 1.54 bits per heavy atom. The third-order valence-corrected chi connectivity index (χ3v) is 1.29. The van der Waals surface area contributed by atoms with Crippen molar-refractivity contribution in [2.45, 2.75) is 33.2 Å². The summed E-state index contributed by atoms with van der Waals surface area (Å²) in [6, 6.07) is -0.625. The van der Waals surface area contributed by atoms with Gasteiger partial charge in [0.15, 0.2) is 0 Å². The zero-order valence-corrected chi connectivity index (χ0v) is 8.68. The van der Waals surface area contributed by atoms with Crippen LogP contribution in [0.2, 0.25) is 0 Å². The molecule has 0 aliphatic carbocycles. The van der Waals surface area contributed by atoms with Gasteiger partial charge in [0.25, 0.3) is 0 Å². The quantitative estimate of drug-likeness (QED) is 0.511. The summed E-state index contributed by atoms with van der Waals surface area (Å²) >= 11 is 0. The van der Waals surface area contributed by atoms with Gasteiger partial charge >= 0.3 is 5.97 Å². The van der Waals surface area contributed by atoms with Gasteiger partial charge in [-0.1, -0.05) is 5.92 Å².